The molecule has 0 aliphatic heterocycles. The van der Waals surface area contributed by atoms with Crippen molar-refractivity contribution in [1.82, 2.24) is 15.2 Å². The highest BCUT2D eigenvalue weighted by molar-refractivity contribution is 5.58. The Labute approximate surface area is 87.4 Å². The van der Waals surface area contributed by atoms with Crippen molar-refractivity contribution in [2.24, 2.45) is 0 Å². The Morgan fingerprint density at radius 3 is 2.73 bits per heavy atom. The maximum atomic E-state index is 5.44. The maximum absolute atomic E-state index is 5.44. The molecular formula is C10H11N5. The van der Waals surface area contributed by atoms with E-state index in [1.807, 2.05) is 19.1 Å². The molecule has 0 amide bonds. The molecular weight excluding hydrogens is 190 g/mol. The van der Waals surface area contributed by atoms with Gasteiger partial charge in [0.2, 0.25) is 0 Å². The summed E-state index contributed by atoms with van der Waals surface area (Å²) >= 11 is 0. The van der Waals surface area contributed by atoms with Gasteiger partial charge in [0.15, 0.2) is 5.82 Å². The molecule has 2 rings (SSSR count). The average Bonchev–Trinajstić information content (AvgIpc) is 2.25. The minimum absolute atomic E-state index is 0.406. The van der Waals surface area contributed by atoms with E-state index < -0.39 is 0 Å². The van der Waals surface area contributed by atoms with Crippen molar-refractivity contribution in [3.8, 4) is 0 Å². The number of aromatic nitrogens is 3. The van der Waals surface area contributed by atoms with E-state index in [1.165, 1.54) is 0 Å². The summed E-state index contributed by atoms with van der Waals surface area (Å²) in [7, 11) is 0. The molecule has 2 aromatic heterocycles. The van der Waals surface area contributed by atoms with Crippen LogP contribution in [0.5, 0.6) is 0 Å². The molecule has 0 saturated carbocycles. The average molecular weight is 201 g/mol. The zero-order valence-electron chi connectivity index (χ0n) is 8.31. The highest BCUT2D eigenvalue weighted by atomic mass is 15.2. The molecule has 5 heteroatoms. The molecule has 0 aliphatic rings. The monoisotopic (exact) mass is 201 g/mol. The van der Waals surface area contributed by atoms with Crippen molar-refractivity contribution in [3.63, 3.8) is 0 Å². The number of hydrogen-bond acceptors (Lipinski definition) is 5. The van der Waals surface area contributed by atoms with E-state index in [-0.39, 0.29) is 0 Å². The lowest BCUT2D eigenvalue weighted by Crippen LogP contribution is -1.99. The molecule has 0 fully saturated rings. The molecule has 0 aliphatic carbocycles. The smallest absolute Gasteiger partial charge is 0.153 e. The number of nitrogens with zero attached hydrogens (tertiary/aromatic N) is 3. The van der Waals surface area contributed by atoms with Crippen molar-refractivity contribution in [3.05, 3.63) is 36.2 Å². The first-order valence-electron chi connectivity index (χ1n) is 4.53. The van der Waals surface area contributed by atoms with Crippen LogP contribution in [0.2, 0.25) is 0 Å². The first-order valence-corrected chi connectivity index (χ1v) is 4.53. The van der Waals surface area contributed by atoms with E-state index in [9.17, 15) is 0 Å². The highest BCUT2D eigenvalue weighted by Gasteiger charge is 1.99. The van der Waals surface area contributed by atoms with Gasteiger partial charge in [-0.2, -0.15) is 0 Å². The van der Waals surface area contributed by atoms with E-state index in [0.29, 0.717) is 11.6 Å². The molecule has 0 saturated heterocycles. The fourth-order valence-electron chi connectivity index (χ4n) is 1.16. The lowest BCUT2D eigenvalue weighted by Gasteiger charge is -2.06. The van der Waals surface area contributed by atoms with Crippen LogP contribution >= 0.6 is 0 Å². The van der Waals surface area contributed by atoms with Gasteiger partial charge in [-0.3, -0.25) is 4.98 Å². The summed E-state index contributed by atoms with van der Waals surface area (Å²) in [6.07, 6.45) is 1.75. The van der Waals surface area contributed by atoms with E-state index in [2.05, 4.69) is 20.5 Å². The van der Waals surface area contributed by atoms with E-state index in [0.717, 1.165) is 11.4 Å². The van der Waals surface area contributed by atoms with Crippen LogP contribution in [-0.4, -0.2) is 15.2 Å². The van der Waals surface area contributed by atoms with E-state index in [4.69, 9.17) is 5.73 Å². The second-order valence-corrected chi connectivity index (χ2v) is 3.10. The van der Waals surface area contributed by atoms with Crippen LogP contribution in [-0.2, 0) is 0 Å². The van der Waals surface area contributed by atoms with Crippen molar-refractivity contribution < 1.29 is 0 Å². The van der Waals surface area contributed by atoms with Crippen molar-refractivity contribution in [2.45, 2.75) is 6.92 Å². The maximum Gasteiger partial charge on any atom is 0.153 e. The van der Waals surface area contributed by atoms with Gasteiger partial charge in [0.1, 0.15) is 5.82 Å². The molecule has 0 radical (unpaired) electrons. The Hall–Kier alpha value is -2.17. The fraction of sp³-hybridized carbons (Fsp3) is 0.100. The van der Waals surface area contributed by atoms with Gasteiger partial charge in [-0.25, -0.2) is 0 Å². The Morgan fingerprint density at radius 2 is 2.07 bits per heavy atom. The van der Waals surface area contributed by atoms with Crippen LogP contribution in [0.15, 0.2) is 30.5 Å². The summed E-state index contributed by atoms with van der Waals surface area (Å²) in [6, 6.07) is 7.26. The molecule has 2 aromatic rings. The number of hydrogen-bond donors (Lipinski definition) is 2. The summed E-state index contributed by atoms with van der Waals surface area (Å²) in [5.41, 5.74) is 7.26. The van der Waals surface area contributed by atoms with Crippen LogP contribution in [0, 0.1) is 6.92 Å². The molecule has 0 spiro atoms. The van der Waals surface area contributed by atoms with Gasteiger partial charge in [0.25, 0.3) is 0 Å². The second-order valence-electron chi connectivity index (χ2n) is 3.10. The summed E-state index contributed by atoms with van der Waals surface area (Å²) in [5, 5.41) is 10.8. The predicted octanol–water partition coefficient (Wildman–Crippen LogP) is 1.51. The predicted molar refractivity (Wildman–Crippen MR) is 58.7 cm³/mol. The number of rotatable bonds is 2. The Morgan fingerprint density at radius 1 is 1.20 bits per heavy atom. The number of nitrogens with two attached hydrogens (primary N) is 1. The van der Waals surface area contributed by atoms with Crippen LogP contribution < -0.4 is 11.1 Å². The zero-order chi connectivity index (χ0) is 10.7. The van der Waals surface area contributed by atoms with Crippen LogP contribution in [0.4, 0.5) is 17.3 Å². The molecule has 5 nitrogen and oxygen atoms in total. The largest absolute Gasteiger partial charge is 0.382 e. The number of nitrogen functional groups attached to an aromatic ring is 1. The highest BCUT2D eigenvalue weighted by Crippen LogP contribution is 2.16. The Balaban J connectivity index is 2.22. The van der Waals surface area contributed by atoms with Gasteiger partial charge in [-0.05, 0) is 31.2 Å². The van der Waals surface area contributed by atoms with Crippen LogP contribution in [0.25, 0.3) is 0 Å². The molecule has 0 unspecified atom stereocenters. The molecule has 0 atom stereocenters. The van der Waals surface area contributed by atoms with Crippen molar-refractivity contribution >= 4 is 17.3 Å². The third-order valence-electron chi connectivity index (χ3n) is 1.95. The van der Waals surface area contributed by atoms with Crippen molar-refractivity contribution in [1.29, 1.82) is 0 Å². The molecule has 15 heavy (non-hydrogen) atoms. The minimum Gasteiger partial charge on any atom is -0.382 e. The summed E-state index contributed by atoms with van der Waals surface area (Å²) < 4.78 is 0. The number of pyridine rings is 1. The van der Waals surface area contributed by atoms with Crippen molar-refractivity contribution in [2.75, 3.05) is 11.1 Å². The number of anilines is 3. The molecule has 0 aromatic carbocycles. The van der Waals surface area contributed by atoms with Crippen LogP contribution in [0.3, 0.4) is 0 Å². The summed E-state index contributed by atoms with van der Waals surface area (Å²) in [5.74, 6) is 1.06. The quantitative estimate of drug-likeness (QED) is 0.770. The number of nitrogens with one attached hydrogen (secondary N) is 1. The molecule has 2 heterocycles. The summed E-state index contributed by atoms with van der Waals surface area (Å²) in [4.78, 5) is 4.16. The topological polar surface area (TPSA) is 76.7 Å². The first kappa shape index (κ1) is 9.39. The SMILES string of the molecule is Cc1ncccc1Nc1ccc(N)nn1. The van der Waals surface area contributed by atoms with Crippen LogP contribution in [0.1, 0.15) is 5.69 Å². The lowest BCUT2D eigenvalue weighted by atomic mass is 10.3. The molecule has 0 bridgehead atoms. The standard InChI is InChI=1S/C10H11N5/c1-7-8(3-2-6-12-7)13-10-5-4-9(11)14-15-10/h2-6H,1H3,(H2,11,14)(H,13,15). The normalized spacial score (nSPS) is 9.93. The van der Waals surface area contributed by atoms with Gasteiger partial charge in [0.05, 0.1) is 11.4 Å². The molecule has 76 valence electrons. The van der Waals surface area contributed by atoms with E-state index >= 15 is 0 Å². The second kappa shape index (κ2) is 3.91. The van der Waals surface area contributed by atoms with E-state index in [1.54, 1.807) is 18.3 Å². The fourth-order valence-corrected chi connectivity index (χ4v) is 1.16. The van der Waals surface area contributed by atoms with Gasteiger partial charge < -0.3 is 11.1 Å². The third kappa shape index (κ3) is 2.19. The Bertz CT molecular complexity index is 452. The van der Waals surface area contributed by atoms with Gasteiger partial charge in [-0.15, -0.1) is 10.2 Å². The van der Waals surface area contributed by atoms with Gasteiger partial charge in [-0.1, -0.05) is 0 Å². The third-order valence-corrected chi connectivity index (χ3v) is 1.95. The number of aryl methyl sites for hydroxylation is 1. The summed E-state index contributed by atoms with van der Waals surface area (Å²) in [6.45, 7) is 1.92. The Kier molecular flexibility index (Phi) is 2.45. The minimum atomic E-state index is 0.406. The lowest BCUT2D eigenvalue weighted by molar-refractivity contribution is 1.04. The van der Waals surface area contributed by atoms with Gasteiger partial charge >= 0.3 is 0 Å². The zero-order valence-corrected chi connectivity index (χ0v) is 8.31. The first-order chi connectivity index (χ1) is 7.25. The van der Waals surface area contributed by atoms with Gasteiger partial charge in [0, 0.05) is 6.20 Å². The molecule has 3 N–H and O–H groups in total.